The molecule has 1 aromatic rings. The van der Waals surface area contributed by atoms with Crippen molar-refractivity contribution < 1.29 is 4.74 Å². The number of nitrogens with zero attached hydrogens (tertiary/aromatic N) is 1. The molecule has 0 aliphatic heterocycles. The zero-order chi connectivity index (χ0) is 9.68. The van der Waals surface area contributed by atoms with Crippen LogP contribution in [0.3, 0.4) is 0 Å². The van der Waals surface area contributed by atoms with Crippen LogP contribution >= 0.6 is 15.9 Å². The van der Waals surface area contributed by atoms with Crippen molar-refractivity contribution in [2.45, 2.75) is 12.5 Å². The fourth-order valence-electron chi connectivity index (χ4n) is 1.02. The summed E-state index contributed by atoms with van der Waals surface area (Å²) < 4.78 is 5.95. The number of hydrogen-bond donors (Lipinski definition) is 1. The molecular weight excluding hydrogens is 232 g/mol. The van der Waals surface area contributed by atoms with Gasteiger partial charge in [-0.05, 0) is 18.6 Å². The molecule has 1 aromatic heterocycles. The molecule has 1 rings (SSSR count). The van der Waals surface area contributed by atoms with Crippen molar-refractivity contribution in [2.75, 3.05) is 13.7 Å². The smallest absolute Gasteiger partial charge is 0.0583 e. The van der Waals surface area contributed by atoms with E-state index in [4.69, 9.17) is 10.5 Å². The van der Waals surface area contributed by atoms with Crippen molar-refractivity contribution in [3.8, 4) is 0 Å². The molecule has 0 saturated carbocycles. The molecule has 0 fully saturated rings. The van der Waals surface area contributed by atoms with Crippen molar-refractivity contribution >= 4 is 15.9 Å². The lowest BCUT2D eigenvalue weighted by Crippen LogP contribution is -2.14. The van der Waals surface area contributed by atoms with Gasteiger partial charge in [0.1, 0.15) is 0 Å². The molecule has 4 heteroatoms. The molecule has 0 aromatic carbocycles. The fourth-order valence-corrected chi connectivity index (χ4v) is 1.37. The second kappa shape index (κ2) is 5.32. The first-order chi connectivity index (χ1) is 6.24. The summed E-state index contributed by atoms with van der Waals surface area (Å²) in [5.74, 6) is 0. The standard InChI is InChI=1S/C9H13BrN2O/c1-13-5-3-8(11)9-6-7(10)2-4-12-9/h2,4,6,8H,3,5,11H2,1H3. The molecule has 0 aliphatic carbocycles. The highest BCUT2D eigenvalue weighted by molar-refractivity contribution is 9.10. The minimum Gasteiger partial charge on any atom is -0.385 e. The third-order valence-corrected chi connectivity index (χ3v) is 2.25. The zero-order valence-electron chi connectivity index (χ0n) is 7.53. The van der Waals surface area contributed by atoms with E-state index >= 15 is 0 Å². The molecule has 0 spiro atoms. The second-order valence-corrected chi connectivity index (χ2v) is 3.70. The molecule has 72 valence electrons. The maximum Gasteiger partial charge on any atom is 0.0583 e. The summed E-state index contributed by atoms with van der Waals surface area (Å²) >= 11 is 3.37. The third kappa shape index (κ3) is 3.42. The van der Waals surface area contributed by atoms with Crippen molar-refractivity contribution in [1.29, 1.82) is 0 Å². The molecule has 1 heterocycles. The Morgan fingerprint density at radius 2 is 2.46 bits per heavy atom. The SMILES string of the molecule is COCCC(N)c1cc(Br)ccn1. The van der Waals surface area contributed by atoms with E-state index in [1.807, 2.05) is 12.1 Å². The summed E-state index contributed by atoms with van der Waals surface area (Å²) in [4.78, 5) is 4.18. The Balaban J connectivity index is 2.60. The highest BCUT2D eigenvalue weighted by Gasteiger charge is 2.06. The lowest BCUT2D eigenvalue weighted by Gasteiger charge is -2.09. The largest absolute Gasteiger partial charge is 0.385 e. The number of rotatable bonds is 4. The Labute approximate surface area is 86.4 Å². The van der Waals surface area contributed by atoms with Gasteiger partial charge in [0.2, 0.25) is 0 Å². The predicted molar refractivity (Wildman–Crippen MR) is 55.4 cm³/mol. The van der Waals surface area contributed by atoms with Crippen LogP contribution in [0.1, 0.15) is 18.2 Å². The van der Waals surface area contributed by atoms with Gasteiger partial charge in [-0.3, -0.25) is 4.98 Å². The molecule has 0 radical (unpaired) electrons. The average molecular weight is 245 g/mol. The molecule has 2 N–H and O–H groups in total. The third-order valence-electron chi connectivity index (χ3n) is 1.76. The lowest BCUT2D eigenvalue weighted by atomic mass is 10.1. The van der Waals surface area contributed by atoms with E-state index in [-0.39, 0.29) is 6.04 Å². The van der Waals surface area contributed by atoms with E-state index < -0.39 is 0 Å². The Morgan fingerprint density at radius 1 is 1.69 bits per heavy atom. The minimum absolute atomic E-state index is 0.0440. The van der Waals surface area contributed by atoms with Crippen molar-refractivity contribution in [2.24, 2.45) is 5.73 Å². The summed E-state index contributed by atoms with van der Waals surface area (Å²) in [6, 6.07) is 3.77. The number of aromatic nitrogens is 1. The normalized spacial score (nSPS) is 12.8. The van der Waals surface area contributed by atoms with Gasteiger partial charge < -0.3 is 10.5 Å². The molecular formula is C9H13BrN2O. The lowest BCUT2D eigenvalue weighted by molar-refractivity contribution is 0.187. The van der Waals surface area contributed by atoms with Gasteiger partial charge in [-0.15, -0.1) is 0 Å². The molecule has 0 aliphatic rings. The maximum absolute atomic E-state index is 5.89. The van der Waals surface area contributed by atoms with Gasteiger partial charge in [-0.25, -0.2) is 0 Å². The van der Waals surface area contributed by atoms with E-state index in [0.29, 0.717) is 6.61 Å². The van der Waals surface area contributed by atoms with Crippen molar-refractivity contribution in [1.82, 2.24) is 4.98 Å². The van der Waals surface area contributed by atoms with Crippen LogP contribution in [0.2, 0.25) is 0 Å². The van der Waals surface area contributed by atoms with Crippen LogP contribution in [0.15, 0.2) is 22.8 Å². The number of hydrogen-bond acceptors (Lipinski definition) is 3. The van der Waals surface area contributed by atoms with Crippen LogP contribution < -0.4 is 5.73 Å². The van der Waals surface area contributed by atoms with E-state index in [9.17, 15) is 0 Å². The van der Waals surface area contributed by atoms with Gasteiger partial charge in [0, 0.05) is 30.4 Å². The Hall–Kier alpha value is -0.450. The van der Waals surface area contributed by atoms with E-state index in [1.165, 1.54) is 0 Å². The maximum atomic E-state index is 5.89. The summed E-state index contributed by atoms with van der Waals surface area (Å²) in [5.41, 5.74) is 6.78. The van der Waals surface area contributed by atoms with Crippen LogP contribution in [0, 0.1) is 0 Å². The quantitative estimate of drug-likeness (QED) is 0.880. The van der Waals surface area contributed by atoms with Crippen LogP contribution in [0.5, 0.6) is 0 Å². The van der Waals surface area contributed by atoms with Crippen LogP contribution in [-0.4, -0.2) is 18.7 Å². The molecule has 3 nitrogen and oxygen atoms in total. The summed E-state index contributed by atoms with van der Waals surface area (Å²) in [6.07, 6.45) is 2.53. The van der Waals surface area contributed by atoms with E-state index in [1.54, 1.807) is 13.3 Å². The second-order valence-electron chi connectivity index (χ2n) is 2.79. The topological polar surface area (TPSA) is 48.1 Å². The molecule has 1 atom stereocenters. The van der Waals surface area contributed by atoms with Gasteiger partial charge in [0.15, 0.2) is 0 Å². The van der Waals surface area contributed by atoms with Gasteiger partial charge >= 0.3 is 0 Å². The van der Waals surface area contributed by atoms with Gasteiger partial charge in [0.25, 0.3) is 0 Å². The summed E-state index contributed by atoms with van der Waals surface area (Å²) in [7, 11) is 1.67. The van der Waals surface area contributed by atoms with E-state index in [2.05, 4.69) is 20.9 Å². The first-order valence-corrected chi connectivity index (χ1v) is 4.89. The van der Waals surface area contributed by atoms with Crippen molar-refractivity contribution in [3.05, 3.63) is 28.5 Å². The summed E-state index contributed by atoms with van der Waals surface area (Å²) in [5, 5.41) is 0. The molecule has 0 saturated heterocycles. The zero-order valence-corrected chi connectivity index (χ0v) is 9.12. The minimum atomic E-state index is -0.0440. The summed E-state index contributed by atoms with van der Waals surface area (Å²) in [6.45, 7) is 0.662. The van der Waals surface area contributed by atoms with Gasteiger partial charge in [0.05, 0.1) is 5.69 Å². The van der Waals surface area contributed by atoms with Gasteiger partial charge in [-0.1, -0.05) is 15.9 Å². The number of ether oxygens (including phenoxy) is 1. The van der Waals surface area contributed by atoms with E-state index in [0.717, 1.165) is 16.6 Å². The van der Waals surface area contributed by atoms with Crippen LogP contribution in [-0.2, 0) is 4.74 Å². The highest BCUT2D eigenvalue weighted by Crippen LogP contribution is 2.15. The number of pyridine rings is 1. The first-order valence-electron chi connectivity index (χ1n) is 4.10. The average Bonchev–Trinajstić information content (AvgIpc) is 2.14. The van der Waals surface area contributed by atoms with Crippen LogP contribution in [0.4, 0.5) is 0 Å². The molecule has 1 unspecified atom stereocenters. The monoisotopic (exact) mass is 244 g/mol. The Morgan fingerprint density at radius 3 is 3.08 bits per heavy atom. The molecule has 0 bridgehead atoms. The predicted octanol–water partition coefficient (Wildman–Crippen LogP) is 1.88. The first kappa shape index (κ1) is 10.6. The van der Waals surface area contributed by atoms with Crippen LogP contribution in [0.25, 0.3) is 0 Å². The highest BCUT2D eigenvalue weighted by atomic mass is 79.9. The number of methoxy groups -OCH3 is 1. The Bertz CT molecular complexity index is 268. The number of nitrogens with two attached hydrogens (primary N) is 1. The van der Waals surface area contributed by atoms with Gasteiger partial charge in [-0.2, -0.15) is 0 Å². The number of halogens is 1. The van der Waals surface area contributed by atoms with Crippen molar-refractivity contribution in [3.63, 3.8) is 0 Å². The fraction of sp³-hybridized carbons (Fsp3) is 0.444. The molecule has 13 heavy (non-hydrogen) atoms. The Kier molecular flexibility index (Phi) is 4.35. The molecule has 0 amide bonds.